The van der Waals surface area contributed by atoms with Crippen molar-refractivity contribution in [2.75, 3.05) is 33.9 Å². The summed E-state index contributed by atoms with van der Waals surface area (Å²) in [6, 6.07) is 0.759. The minimum atomic E-state index is 0.759. The fraction of sp³-hybridized carbons (Fsp3) is 1.00. The van der Waals surface area contributed by atoms with Crippen LogP contribution in [0.3, 0.4) is 0 Å². The zero-order valence-electron chi connectivity index (χ0n) is 8.81. The first-order valence-electron chi connectivity index (χ1n) is 5.23. The van der Waals surface area contributed by atoms with E-state index in [9.17, 15) is 0 Å². The third-order valence-electron chi connectivity index (χ3n) is 2.87. The van der Waals surface area contributed by atoms with E-state index in [4.69, 9.17) is 4.74 Å². The maximum absolute atomic E-state index is 4.97. The fourth-order valence-corrected chi connectivity index (χ4v) is 2.00. The Morgan fingerprint density at radius 1 is 1.38 bits per heavy atom. The highest BCUT2D eigenvalue weighted by Gasteiger charge is 2.22. The molecule has 1 fully saturated rings. The van der Waals surface area contributed by atoms with Gasteiger partial charge in [-0.15, -0.1) is 0 Å². The molecule has 0 bridgehead atoms. The Morgan fingerprint density at radius 2 is 2.23 bits per heavy atom. The number of rotatable bonds is 6. The number of hydrogen-bond acceptors (Lipinski definition) is 3. The van der Waals surface area contributed by atoms with E-state index in [1.807, 2.05) is 0 Å². The third-order valence-corrected chi connectivity index (χ3v) is 2.87. The molecular formula is C10H22N2O. The molecule has 13 heavy (non-hydrogen) atoms. The molecule has 0 radical (unpaired) electrons. The van der Waals surface area contributed by atoms with Gasteiger partial charge in [0.25, 0.3) is 0 Å². The predicted octanol–water partition coefficient (Wildman–Crippen LogP) is 0.610. The molecule has 1 aliphatic rings. The second kappa shape index (κ2) is 6.35. The van der Waals surface area contributed by atoms with Crippen molar-refractivity contribution in [3.8, 4) is 0 Å². The smallest absolute Gasteiger partial charge is 0.0587 e. The van der Waals surface area contributed by atoms with Crippen molar-refractivity contribution in [1.29, 1.82) is 0 Å². The molecule has 3 heteroatoms. The van der Waals surface area contributed by atoms with Crippen LogP contribution in [-0.2, 0) is 4.74 Å². The van der Waals surface area contributed by atoms with Gasteiger partial charge in [0, 0.05) is 19.7 Å². The number of hydrogen-bond donors (Lipinski definition) is 2. The van der Waals surface area contributed by atoms with Crippen LogP contribution in [0.5, 0.6) is 0 Å². The number of ether oxygens (including phenoxy) is 1. The standard InChI is InChI=1S/C10H22N2O/c1-11-10-4-3-9(7-10)8-12-5-6-13-2/h9-12H,3-8H2,1-2H3. The van der Waals surface area contributed by atoms with Crippen LogP contribution in [0, 0.1) is 5.92 Å². The molecule has 1 saturated carbocycles. The highest BCUT2D eigenvalue weighted by atomic mass is 16.5. The zero-order chi connectivity index (χ0) is 9.52. The van der Waals surface area contributed by atoms with Gasteiger partial charge in [0.05, 0.1) is 6.61 Å². The molecule has 1 rings (SSSR count). The van der Waals surface area contributed by atoms with E-state index < -0.39 is 0 Å². The molecule has 0 amide bonds. The van der Waals surface area contributed by atoms with Gasteiger partial charge in [-0.2, -0.15) is 0 Å². The van der Waals surface area contributed by atoms with Gasteiger partial charge in [0.15, 0.2) is 0 Å². The summed E-state index contributed by atoms with van der Waals surface area (Å²) in [5.74, 6) is 0.870. The van der Waals surface area contributed by atoms with E-state index in [0.717, 1.165) is 31.7 Å². The molecule has 0 heterocycles. The van der Waals surface area contributed by atoms with Crippen molar-refractivity contribution in [3.05, 3.63) is 0 Å². The molecule has 2 unspecified atom stereocenters. The first-order valence-corrected chi connectivity index (χ1v) is 5.23. The Kier molecular flexibility index (Phi) is 5.35. The second-order valence-electron chi connectivity index (χ2n) is 3.86. The van der Waals surface area contributed by atoms with Gasteiger partial charge in [-0.05, 0) is 38.8 Å². The summed E-state index contributed by atoms with van der Waals surface area (Å²) in [5, 5.41) is 6.76. The first kappa shape index (κ1) is 11.0. The average Bonchev–Trinajstić information content (AvgIpc) is 2.60. The van der Waals surface area contributed by atoms with Crippen molar-refractivity contribution in [3.63, 3.8) is 0 Å². The minimum Gasteiger partial charge on any atom is -0.383 e. The lowest BCUT2D eigenvalue weighted by Gasteiger charge is -2.11. The Morgan fingerprint density at radius 3 is 2.85 bits per heavy atom. The maximum Gasteiger partial charge on any atom is 0.0587 e. The molecule has 0 spiro atoms. The van der Waals surface area contributed by atoms with Gasteiger partial charge in [-0.1, -0.05) is 0 Å². The van der Waals surface area contributed by atoms with Crippen LogP contribution >= 0.6 is 0 Å². The Labute approximate surface area is 81.2 Å². The monoisotopic (exact) mass is 186 g/mol. The Hall–Kier alpha value is -0.120. The van der Waals surface area contributed by atoms with Crippen molar-refractivity contribution in [2.24, 2.45) is 5.92 Å². The van der Waals surface area contributed by atoms with Gasteiger partial charge >= 0.3 is 0 Å². The van der Waals surface area contributed by atoms with Crippen LogP contribution in [0.2, 0.25) is 0 Å². The molecule has 78 valence electrons. The number of nitrogens with one attached hydrogen (secondary N) is 2. The molecule has 2 N–H and O–H groups in total. The van der Waals surface area contributed by atoms with Crippen LogP contribution < -0.4 is 10.6 Å². The van der Waals surface area contributed by atoms with E-state index in [1.54, 1.807) is 7.11 Å². The lowest BCUT2D eigenvalue weighted by Crippen LogP contribution is -2.27. The first-order chi connectivity index (χ1) is 6.36. The van der Waals surface area contributed by atoms with Crippen molar-refractivity contribution < 1.29 is 4.74 Å². The highest BCUT2D eigenvalue weighted by molar-refractivity contribution is 4.80. The van der Waals surface area contributed by atoms with Crippen LogP contribution in [-0.4, -0.2) is 39.9 Å². The molecule has 1 aliphatic carbocycles. The molecular weight excluding hydrogens is 164 g/mol. The van der Waals surface area contributed by atoms with E-state index in [0.29, 0.717) is 0 Å². The fourth-order valence-electron chi connectivity index (χ4n) is 2.00. The molecule has 0 aromatic heterocycles. The summed E-state index contributed by atoms with van der Waals surface area (Å²) in [7, 11) is 3.81. The summed E-state index contributed by atoms with van der Waals surface area (Å²) in [6.07, 6.45) is 4.04. The zero-order valence-corrected chi connectivity index (χ0v) is 8.81. The molecule has 0 aliphatic heterocycles. The molecule has 0 aromatic carbocycles. The normalized spacial score (nSPS) is 28.2. The lowest BCUT2D eigenvalue weighted by molar-refractivity contribution is 0.198. The van der Waals surface area contributed by atoms with E-state index in [-0.39, 0.29) is 0 Å². The summed E-state index contributed by atoms with van der Waals surface area (Å²) in [6.45, 7) is 2.96. The Balaban J connectivity index is 1.97. The third kappa shape index (κ3) is 4.07. The largest absolute Gasteiger partial charge is 0.383 e. The van der Waals surface area contributed by atoms with Gasteiger partial charge in [-0.3, -0.25) is 0 Å². The summed E-state index contributed by atoms with van der Waals surface area (Å²) >= 11 is 0. The maximum atomic E-state index is 4.97. The average molecular weight is 186 g/mol. The van der Waals surface area contributed by atoms with E-state index >= 15 is 0 Å². The van der Waals surface area contributed by atoms with Crippen LogP contribution in [0.4, 0.5) is 0 Å². The van der Waals surface area contributed by atoms with Crippen molar-refractivity contribution in [1.82, 2.24) is 10.6 Å². The quantitative estimate of drug-likeness (QED) is 0.596. The van der Waals surface area contributed by atoms with E-state index in [2.05, 4.69) is 17.7 Å². The van der Waals surface area contributed by atoms with Crippen LogP contribution in [0.1, 0.15) is 19.3 Å². The predicted molar refractivity (Wildman–Crippen MR) is 54.9 cm³/mol. The molecule has 2 atom stereocenters. The van der Waals surface area contributed by atoms with Gasteiger partial charge in [0.1, 0.15) is 0 Å². The lowest BCUT2D eigenvalue weighted by atomic mass is 10.1. The van der Waals surface area contributed by atoms with Crippen molar-refractivity contribution >= 4 is 0 Å². The highest BCUT2D eigenvalue weighted by Crippen LogP contribution is 2.24. The minimum absolute atomic E-state index is 0.759. The summed E-state index contributed by atoms with van der Waals surface area (Å²) in [5.41, 5.74) is 0. The molecule has 0 aromatic rings. The molecule has 0 saturated heterocycles. The van der Waals surface area contributed by atoms with Gasteiger partial charge in [-0.25, -0.2) is 0 Å². The van der Waals surface area contributed by atoms with Crippen LogP contribution in [0.15, 0.2) is 0 Å². The van der Waals surface area contributed by atoms with Crippen LogP contribution in [0.25, 0.3) is 0 Å². The van der Waals surface area contributed by atoms with Gasteiger partial charge < -0.3 is 15.4 Å². The summed E-state index contributed by atoms with van der Waals surface area (Å²) < 4.78 is 4.97. The molecule has 3 nitrogen and oxygen atoms in total. The second-order valence-corrected chi connectivity index (χ2v) is 3.86. The van der Waals surface area contributed by atoms with Crippen molar-refractivity contribution in [2.45, 2.75) is 25.3 Å². The Bertz CT molecular complexity index is 130. The number of methoxy groups -OCH3 is 1. The van der Waals surface area contributed by atoms with Gasteiger partial charge in [0.2, 0.25) is 0 Å². The summed E-state index contributed by atoms with van der Waals surface area (Å²) in [4.78, 5) is 0. The SMILES string of the molecule is CNC1CCC(CNCCOC)C1. The topological polar surface area (TPSA) is 33.3 Å². The van der Waals surface area contributed by atoms with E-state index in [1.165, 1.54) is 19.3 Å².